The first-order chi connectivity index (χ1) is 11.8. The number of hydrogen-bond acceptors (Lipinski definition) is 3. The van der Waals surface area contributed by atoms with Gasteiger partial charge in [-0.25, -0.2) is 0 Å². The average Bonchev–Trinajstić information content (AvgIpc) is 3.14. The third-order valence-corrected chi connectivity index (χ3v) is 5.31. The fourth-order valence-electron chi connectivity index (χ4n) is 2.53. The van der Waals surface area contributed by atoms with Crippen LogP contribution in [0.2, 0.25) is 0 Å². The van der Waals surface area contributed by atoms with Crippen molar-refractivity contribution in [3.8, 4) is 0 Å². The van der Waals surface area contributed by atoms with Crippen molar-refractivity contribution in [1.82, 2.24) is 10.6 Å². The fraction of sp³-hybridized carbons (Fsp3) is 0.450. The third kappa shape index (κ3) is 5.58. The second-order valence-electron chi connectivity index (χ2n) is 7.05. The molecule has 1 heterocycles. The molecule has 0 radical (unpaired) electrons. The number of hydrogen-bond donors (Lipinski definition) is 3. The van der Waals surface area contributed by atoms with Gasteiger partial charge in [-0.05, 0) is 30.9 Å². The number of thiophene rings is 1. The van der Waals surface area contributed by atoms with E-state index in [0.717, 1.165) is 17.4 Å². The number of nitrogens with one attached hydrogen (secondary N) is 2. The second-order valence-corrected chi connectivity index (χ2v) is 8.00. The van der Waals surface area contributed by atoms with Crippen LogP contribution in [0.5, 0.6) is 0 Å². The van der Waals surface area contributed by atoms with Crippen LogP contribution in [-0.4, -0.2) is 30.7 Å². The highest BCUT2D eigenvalue weighted by atomic mass is 32.1. The highest BCUT2D eigenvalue weighted by Crippen LogP contribution is 2.25. The quantitative estimate of drug-likeness (QED) is 0.524. The molecule has 136 valence electrons. The lowest BCUT2D eigenvalue weighted by atomic mass is 9.85. The van der Waals surface area contributed by atoms with Gasteiger partial charge in [0.25, 0.3) is 0 Å². The molecule has 0 aliphatic heterocycles. The Morgan fingerprint density at radius 1 is 1.08 bits per heavy atom. The summed E-state index contributed by atoms with van der Waals surface area (Å²) >= 11 is 1.56. The molecule has 5 heteroatoms. The Kier molecular flexibility index (Phi) is 6.62. The molecule has 0 saturated heterocycles. The second kappa shape index (κ2) is 8.50. The molecule has 1 atom stereocenters. The zero-order valence-corrected chi connectivity index (χ0v) is 16.4. The number of aliphatic hydroxyl groups is 1. The van der Waals surface area contributed by atoms with E-state index >= 15 is 0 Å². The minimum atomic E-state index is -0.917. The first-order valence-corrected chi connectivity index (χ1v) is 9.57. The van der Waals surface area contributed by atoms with E-state index < -0.39 is 5.60 Å². The summed E-state index contributed by atoms with van der Waals surface area (Å²) in [7, 11) is 0. The molecule has 0 amide bonds. The molecular weight excluding hydrogens is 330 g/mol. The third-order valence-electron chi connectivity index (χ3n) is 4.18. The summed E-state index contributed by atoms with van der Waals surface area (Å²) in [6.07, 6.45) is 0. The molecule has 1 unspecified atom stereocenters. The molecule has 0 bridgehead atoms. The molecule has 0 aliphatic rings. The number of benzene rings is 1. The van der Waals surface area contributed by atoms with E-state index in [0.29, 0.717) is 13.1 Å². The van der Waals surface area contributed by atoms with Gasteiger partial charge in [0.2, 0.25) is 0 Å². The Balaban J connectivity index is 2.03. The summed E-state index contributed by atoms with van der Waals surface area (Å²) in [5.41, 5.74) is 0.291. The molecule has 1 aromatic heterocycles. The number of nitrogens with zero attached hydrogens (tertiary/aromatic N) is 1. The van der Waals surface area contributed by atoms with E-state index in [-0.39, 0.29) is 5.41 Å². The zero-order valence-electron chi connectivity index (χ0n) is 15.5. The Labute approximate surface area is 155 Å². The molecule has 1 aromatic carbocycles. The molecule has 2 aromatic rings. The van der Waals surface area contributed by atoms with E-state index in [1.165, 1.54) is 5.56 Å². The maximum absolute atomic E-state index is 10.7. The summed E-state index contributed by atoms with van der Waals surface area (Å²) in [5.74, 6) is 0.725. The van der Waals surface area contributed by atoms with Crippen molar-refractivity contribution in [3.63, 3.8) is 0 Å². The van der Waals surface area contributed by atoms with Crippen LogP contribution in [0.3, 0.4) is 0 Å². The topological polar surface area (TPSA) is 56.7 Å². The molecule has 25 heavy (non-hydrogen) atoms. The number of aliphatic imine (C=N–C) groups is 1. The van der Waals surface area contributed by atoms with Crippen LogP contribution in [0.25, 0.3) is 0 Å². The largest absolute Gasteiger partial charge is 0.383 e. The highest BCUT2D eigenvalue weighted by molar-refractivity contribution is 7.10. The molecular formula is C20H29N3OS. The maximum Gasteiger partial charge on any atom is 0.191 e. The molecule has 0 aliphatic carbocycles. The van der Waals surface area contributed by atoms with Crippen molar-refractivity contribution in [3.05, 3.63) is 58.3 Å². The number of rotatable bonds is 7. The fourth-order valence-corrected chi connectivity index (χ4v) is 3.31. The summed E-state index contributed by atoms with van der Waals surface area (Å²) in [6, 6.07) is 14.3. The van der Waals surface area contributed by atoms with Crippen LogP contribution < -0.4 is 10.6 Å². The summed E-state index contributed by atoms with van der Waals surface area (Å²) in [5, 5.41) is 19.2. The smallest absolute Gasteiger partial charge is 0.191 e. The van der Waals surface area contributed by atoms with Crippen molar-refractivity contribution in [2.45, 2.75) is 38.7 Å². The van der Waals surface area contributed by atoms with Crippen LogP contribution in [0.15, 0.2) is 52.8 Å². The van der Waals surface area contributed by atoms with Crippen molar-refractivity contribution in [2.24, 2.45) is 4.99 Å². The lowest BCUT2D eigenvalue weighted by molar-refractivity contribution is 0.0655. The summed E-state index contributed by atoms with van der Waals surface area (Å²) < 4.78 is 0. The molecule has 2 rings (SSSR count). The van der Waals surface area contributed by atoms with Gasteiger partial charge in [-0.1, -0.05) is 50.2 Å². The Bertz CT molecular complexity index is 664. The van der Waals surface area contributed by atoms with Crippen LogP contribution >= 0.6 is 11.3 Å². The van der Waals surface area contributed by atoms with Crippen molar-refractivity contribution in [1.29, 1.82) is 0 Å². The van der Waals surface area contributed by atoms with Gasteiger partial charge in [-0.2, -0.15) is 0 Å². The molecule has 0 fully saturated rings. The minimum Gasteiger partial charge on any atom is -0.383 e. The Morgan fingerprint density at radius 2 is 1.80 bits per heavy atom. The predicted octanol–water partition coefficient (Wildman–Crippen LogP) is 3.49. The normalized spacial score (nSPS) is 14.8. The lowest BCUT2D eigenvalue weighted by Crippen LogP contribution is -2.44. The van der Waals surface area contributed by atoms with Gasteiger partial charge in [0.15, 0.2) is 5.96 Å². The van der Waals surface area contributed by atoms with Crippen molar-refractivity contribution < 1.29 is 5.11 Å². The lowest BCUT2D eigenvalue weighted by Gasteiger charge is -2.26. The Morgan fingerprint density at radius 3 is 2.40 bits per heavy atom. The van der Waals surface area contributed by atoms with Gasteiger partial charge in [0.1, 0.15) is 5.60 Å². The van der Waals surface area contributed by atoms with Gasteiger partial charge in [-0.15, -0.1) is 11.3 Å². The summed E-state index contributed by atoms with van der Waals surface area (Å²) in [4.78, 5) is 5.68. The van der Waals surface area contributed by atoms with Gasteiger partial charge in [0, 0.05) is 16.8 Å². The van der Waals surface area contributed by atoms with E-state index in [1.54, 1.807) is 11.3 Å². The first-order valence-electron chi connectivity index (χ1n) is 8.69. The van der Waals surface area contributed by atoms with E-state index in [4.69, 9.17) is 4.99 Å². The van der Waals surface area contributed by atoms with Crippen LogP contribution in [-0.2, 0) is 11.0 Å². The van der Waals surface area contributed by atoms with Crippen LogP contribution in [0, 0.1) is 0 Å². The maximum atomic E-state index is 10.7. The van der Waals surface area contributed by atoms with Crippen molar-refractivity contribution in [2.75, 3.05) is 19.6 Å². The predicted molar refractivity (Wildman–Crippen MR) is 107 cm³/mol. The van der Waals surface area contributed by atoms with Gasteiger partial charge < -0.3 is 15.7 Å². The standard InChI is InChI=1S/C20H29N3OS/c1-5-21-18(23-15-20(4,24)17-12-9-13-25-17)22-14-19(2,3)16-10-7-6-8-11-16/h6-13,24H,5,14-15H2,1-4H3,(H2,21,22,23). The highest BCUT2D eigenvalue weighted by Gasteiger charge is 2.25. The van der Waals surface area contributed by atoms with Crippen molar-refractivity contribution >= 4 is 17.3 Å². The van der Waals surface area contributed by atoms with Gasteiger partial charge in [0.05, 0.1) is 13.1 Å². The number of guanidine groups is 1. The summed E-state index contributed by atoms with van der Waals surface area (Å²) in [6.45, 7) is 10.1. The average molecular weight is 360 g/mol. The molecule has 0 spiro atoms. The van der Waals surface area contributed by atoms with E-state index in [9.17, 15) is 5.11 Å². The zero-order chi connectivity index (χ0) is 18.3. The van der Waals surface area contributed by atoms with Crippen LogP contribution in [0.1, 0.15) is 38.1 Å². The molecule has 4 nitrogen and oxygen atoms in total. The van der Waals surface area contributed by atoms with Crippen LogP contribution in [0.4, 0.5) is 0 Å². The van der Waals surface area contributed by atoms with E-state index in [2.05, 4.69) is 48.7 Å². The first kappa shape index (κ1) is 19.5. The van der Waals surface area contributed by atoms with Gasteiger partial charge >= 0.3 is 0 Å². The minimum absolute atomic E-state index is 0.0557. The Hall–Kier alpha value is -1.85. The monoisotopic (exact) mass is 359 g/mol. The van der Waals surface area contributed by atoms with Gasteiger partial charge in [-0.3, -0.25) is 4.99 Å². The SMILES string of the molecule is CCNC(=NCC(C)(C)c1ccccc1)NCC(C)(O)c1cccs1. The molecule has 0 saturated carbocycles. The molecule has 3 N–H and O–H groups in total. The van der Waals surface area contributed by atoms with E-state index in [1.807, 2.05) is 37.4 Å².